The van der Waals surface area contributed by atoms with Crippen molar-refractivity contribution in [2.75, 3.05) is 13.7 Å². The van der Waals surface area contributed by atoms with Gasteiger partial charge in [-0.25, -0.2) is 9.59 Å². The first kappa shape index (κ1) is 25.2. The Kier molecular flexibility index (Phi) is 8.29. The summed E-state index contributed by atoms with van der Waals surface area (Å²) in [5, 5.41) is 0. The maximum absolute atomic E-state index is 12.4. The average Bonchev–Trinajstić information content (AvgIpc) is 2.96. The van der Waals surface area contributed by atoms with E-state index >= 15 is 0 Å². The van der Waals surface area contributed by atoms with Crippen molar-refractivity contribution < 1.29 is 33.3 Å². The van der Waals surface area contributed by atoms with Gasteiger partial charge < -0.3 is 18.9 Å². The molecule has 0 saturated heterocycles. The number of carbonyl (C=O) groups excluding carboxylic acids is 3. The molecule has 186 valence electrons. The van der Waals surface area contributed by atoms with E-state index in [-0.39, 0.29) is 5.78 Å². The molecule has 7 heteroatoms. The van der Waals surface area contributed by atoms with Gasteiger partial charge in [0.05, 0.1) is 18.2 Å². The van der Waals surface area contributed by atoms with Crippen LogP contribution in [-0.2, 0) is 11.3 Å². The van der Waals surface area contributed by atoms with Gasteiger partial charge in [-0.1, -0.05) is 42.5 Å². The minimum atomic E-state index is -0.612. The highest BCUT2D eigenvalue weighted by atomic mass is 16.5. The summed E-state index contributed by atoms with van der Waals surface area (Å²) in [4.78, 5) is 37.0. The van der Waals surface area contributed by atoms with Gasteiger partial charge in [-0.05, 0) is 66.2 Å². The van der Waals surface area contributed by atoms with Gasteiger partial charge in [-0.2, -0.15) is 0 Å². The summed E-state index contributed by atoms with van der Waals surface area (Å²) in [6.07, 6.45) is 0. The fourth-order valence-electron chi connectivity index (χ4n) is 3.38. The van der Waals surface area contributed by atoms with Gasteiger partial charge in [0.15, 0.2) is 23.9 Å². The van der Waals surface area contributed by atoms with Crippen molar-refractivity contribution in [3.63, 3.8) is 0 Å². The molecule has 0 aliphatic carbocycles. The SMILES string of the molecule is COc1ccccc1OCc1ccc(C(=O)OCC(=O)c2ccc(OC(=O)c3ccccc3)cc2)cc1. The van der Waals surface area contributed by atoms with Gasteiger partial charge in [0.1, 0.15) is 12.4 Å². The highest BCUT2D eigenvalue weighted by molar-refractivity contribution is 5.99. The molecule has 4 rings (SSSR count). The smallest absolute Gasteiger partial charge is 0.343 e. The average molecular weight is 497 g/mol. The summed E-state index contributed by atoms with van der Waals surface area (Å²) in [5.74, 6) is 0.0721. The molecule has 37 heavy (non-hydrogen) atoms. The zero-order chi connectivity index (χ0) is 26.0. The number of rotatable bonds is 10. The number of hydrogen-bond acceptors (Lipinski definition) is 7. The second kappa shape index (κ2) is 12.2. The Morgan fingerprint density at radius 3 is 1.89 bits per heavy atom. The van der Waals surface area contributed by atoms with Crippen LogP contribution in [0.5, 0.6) is 17.2 Å². The van der Waals surface area contributed by atoms with Crippen LogP contribution in [0.15, 0.2) is 103 Å². The lowest BCUT2D eigenvalue weighted by Gasteiger charge is -2.10. The molecule has 0 aliphatic rings. The third-order valence-corrected chi connectivity index (χ3v) is 5.38. The molecule has 0 unspecified atom stereocenters. The molecular formula is C30H24O7. The van der Waals surface area contributed by atoms with Gasteiger partial charge in [0, 0.05) is 5.56 Å². The lowest BCUT2D eigenvalue weighted by atomic mass is 10.1. The number of ketones is 1. The first-order valence-corrected chi connectivity index (χ1v) is 11.5. The molecule has 0 spiro atoms. The molecule has 0 amide bonds. The third kappa shape index (κ3) is 6.82. The summed E-state index contributed by atoms with van der Waals surface area (Å²) < 4.78 is 21.5. The molecule has 7 nitrogen and oxygen atoms in total. The van der Waals surface area contributed by atoms with Gasteiger partial charge in [-0.15, -0.1) is 0 Å². The summed E-state index contributed by atoms with van der Waals surface area (Å²) in [6.45, 7) is -0.120. The summed E-state index contributed by atoms with van der Waals surface area (Å²) in [6, 6.07) is 28.7. The molecule has 0 aliphatic heterocycles. The summed E-state index contributed by atoms with van der Waals surface area (Å²) in [7, 11) is 1.58. The van der Waals surface area contributed by atoms with E-state index in [1.54, 1.807) is 61.7 Å². The number of benzene rings is 4. The second-order valence-corrected chi connectivity index (χ2v) is 7.92. The zero-order valence-corrected chi connectivity index (χ0v) is 20.1. The Balaban J connectivity index is 1.26. The van der Waals surface area contributed by atoms with E-state index in [2.05, 4.69) is 0 Å². The largest absolute Gasteiger partial charge is 0.493 e. The van der Waals surface area contributed by atoms with Crippen LogP contribution in [0, 0.1) is 0 Å². The van der Waals surface area contributed by atoms with Crippen molar-refractivity contribution in [3.05, 3.63) is 125 Å². The molecule has 0 atom stereocenters. The molecule has 4 aromatic carbocycles. The first-order valence-electron chi connectivity index (χ1n) is 11.5. The minimum Gasteiger partial charge on any atom is -0.493 e. The van der Waals surface area contributed by atoms with Crippen molar-refractivity contribution >= 4 is 17.7 Å². The minimum absolute atomic E-state index is 0.296. The standard InChI is InChI=1S/C30H24O7/c1-34-27-9-5-6-10-28(27)35-19-21-11-13-24(14-12-21)29(32)36-20-26(31)22-15-17-25(18-16-22)37-30(33)23-7-3-2-4-8-23/h2-18H,19-20H2,1H3. The van der Waals surface area contributed by atoms with Crippen LogP contribution in [0.2, 0.25) is 0 Å². The van der Waals surface area contributed by atoms with E-state index in [4.69, 9.17) is 18.9 Å². The number of hydrogen-bond donors (Lipinski definition) is 0. The van der Waals surface area contributed by atoms with Crippen LogP contribution in [0.3, 0.4) is 0 Å². The summed E-state index contributed by atoms with van der Waals surface area (Å²) >= 11 is 0. The molecular weight excluding hydrogens is 472 g/mol. The summed E-state index contributed by atoms with van der Waals surface area (Å²) in [5.41, 5.74) is 1.92. The van der Waals surface area contributed by atoms with Crippen LogP contribution in [-0.4, -0.2) is 31.4 Å². The molecule has 0 heterocycles. The molecule has 0 saturated carbocycles. The van der Waals surface area contributed by atoms with E-state index in [0.717, 1.165) is 5.56 Å². The Labute approximate surface area is 214 Å². The number of para-hydroxylation sites is 2. The van der Waals surface area contributed by atoms with Crippen molar-refractivity contribution in [2.45, 2.75) is 6.61 Å². The number of methoxy groups -OCH3 is 1. The zero-order valence-electron chi connectivity index (χ0n) is 20.1. The Morgan fingerprint density at radius 1 is 0.622 bits per heavy atom. The van der Waals surface area contributed by atoms with Crippen molar-refractivity contribution in [1.82, 2.24) is 0 Å². The normalized spacial score (nSPS) is 10.3. The Bertz CT molecular complexity index is 1360. The molecule has 0 bridgehead atoms. The van der Waals surface area contributed by atoms with Crippen molar-refractivity contribution in [2.24, 2.45) is 0 Å². The van der Waals surface area contributed by atoms with Gasteiger partial charge in [-0.3, -0.25) is 4.79 Å². The van der Waals surface area contributed by atoms with E-state index in [1.165, 1.54) is 24.3 Å². The van der Waals surface area contributed by atoms with Crippen LogP contribution in [0.1, 0.15) is 36.6 Å². The van der Waals surface area contributed by atoms with E-state index in [1.807, 2.05) is 24.3 Å². The first-order chi connectivity index (χ1) is 18.0. The second-order valence-electron chi connectivity index (χ2n) is 7.92. The Morgan fingerprint density at radius 2 is 1.22 bits per heavy atom. The molecule has 4 aromatic rings. The predicted molar refractivity (Wildman–Crippen MR) is 136 cm³/mol. The monoisotopic (exact) mass is 496 g/mol. The predicted octanol–water partition coefficient (Wildman–Crippen LogP) is 5.53. The number of carbonyl (C=O) groups is 3. The molecule has 0 radical (unpaired) electrons. The van der Waals surface area contributed by atoms with Crippen LogP contribution in [0.25, 0.3) is 0 Å². The lowest BCUT2D eigenvalue weighted by Crippen LogP contribution is -2.14. The van der Waals surface area contributed by atoms with Crippen LogP contribution < -0.4 is 14.2 Å². The highest BCUT2D eigenvalue weighted by Gasteiger charge is 2.13. The van der Waals surface area contributed by atoms with Gasteiger partial charge >= 0.3 is 11.9 Å². The van der Waals surface area contributed by atoms with Crippen molar-refractivity contribution in [3.8, 4) is 17.2 Å². The molecule has 0 fully saturated rings. The molecule has 0 N–H and O–H groups in total. The van der Waals surface area contributed by atoms with E-state index < -0.39 is 18.5 Å². The lowest BCUT2D eigenvalue weighted by molar-refractivity contribution is 0.0474. The third-order valence-electron chi connectivity index (χ3n) is 5.38. The maximum atomic E-state index is 12.4. The number of Topliss-reactive ketones (excluding diaryl/α,β-unsaturated/α-hetero) is 1. The quantitative estimate of drug-likeness (QED) is 0.162. The van der Waals surface area contributed by atoms with E-state index in [9.17, 15) is 14.4 Å². The van der Waals surface area contributed by atoms with Gasteiger partial charge in [0.25, 0.3) is 0 Å². The van der Waals surface area contributed by atoms with Gasteiger partial charge in [0.2, 0.25) is 0 Å². The Hall–Kier alpha value is -4.91. The number of ether oxygens (including phenoxy) is 4. The highest BCUT2D eigenvalue weighted by Crippen LogP contribution is 2.26. The van der Waals surface area contributed by atoms with Crippen molar-refractivity contribution in [1.29, 1.82) is 0 Å². The fraction of sp³-hybridized carbons (Fsp3) is 0.100. The maximum Gasteiger partial charge on any atom is 0.343 e. The topological polar surface area (TPSA) is 88.1 Å². The van der Waals surface area contributed by atoms with E-state index in [0.29, 0.717) is 40.5 Å². The van der Waals surface area contributed by atoms with Crippen LogP contribution >= 0.6 is 0 Å². The number of esters is 2. The van der Waals surface area contributed by atoms with Crippen LogP contribution in [0.4, 0.5) is 0 Å². The molecule has 0 aromatic heterocycles. The fourth-order valence-corrected chi connectivity index (χ4v) is 3.38.